The molecule has 1 saturated heterocycles. The van der Waals surface area contributed by atoms with Crippen molar-refractivity contribution in [3.8, 4) is 0 Å². The molecule has 25 heavy (non-hydrogen) atoms. The Bertz CT molecular complexity index is 647. The molecule has 1 aliphatic heterocycles. The Labute approximate surface area is 146 Å². The molecule has 8 heteroatoms. The fourth-order valence-corrected chi connectivity index (χ4v) is 2.89. The maximum absolute atomic E-state index is 12.4. The summed E-state index contributed by atoms with van der Waals surface area (Å²) in [6.07, 6.45) is 1.69. The Hall–Kier alpha value is -2.09. The zero-order chi connectivity index (χ0) is 18.2. The number of nitrogens with zero attached hydrogens (tertiary/aromatic N) is 2. The van der Waals surface area contributed by atoms with Gasteiger partial charge >= 0.3 is 6.09 Å². The van der Waals surface area contributed by atoms with Crippen molar-refractivity contribution in [1.82, 2.24) is 15.4 Å². The van der Waals surface area contributed by atoms with Crippen LogP contribution in [0.2, 0.25) is 0 Å². The van der Waals surface area contributed by atoms with Gasteiger partial charge in [0.25, 0.3) is 5.91 Å². The van der Waals surface area contributed by atoms with Crippen molar-refractivity contribution in [2.75, 3.05) is 19.7 Å². The van der Waals surface area contributed by atoms with Crippen LogP contribution >= 0.6 is 0 Å². The molecular weight excluding hydrogens is 326 g/mol. The molecule has 2 N–H and O–H groups in total. The van der Waals surface area contributed by atoms with Gasteiger partial charge in [-0.2, -0.15) is 0 Å². The number of rotatable bonds is 4. The van der Waals surface area contributed by atoms with Crippen LogP contribution in [-0.4, -0.2) is 58.5 Å². The van der Waals surface area contributed by atoms with Crippen LogP contribution in [0.15, 0.2) is 10.6 Å². The first-order valence-corrected chi connectivity index (χ1v) is 8.63. The average Bonchev–Trinajstić information content (AvgIpc) is 3.10. The van der Waals surface area contributed by atoms with Crippen LogP contribution in [0.4, 0.5) is 4.79 Å². The lowest BCUT2D eigenvalue weighted by Gasteiger charge is -2.24. The highest BCUT2D eigenvalue weighted by Crippen LogP contribution is 2.40. The smallest absolute Gasteiger partial charge is 0.410 e. The predicted octanol–water partition coefficient (Wildman–Crippen LogP) is 1.51. The Morgan fingerprint density at radius 1 is 1.40 bits per heavy atom. The van der Waals surface area contributed by atoms with Crippen LogP contribution in [0.3, 0.4) is 0 Å². The number of ether oxygens (including phenoxy) is 1. The van der Waals surface area contributed by atoms with E-state index in [-0.39, 0.29) is 30.2 Å². The van der Waals surface area contributed by atoms with Crippen molar-refractivity contribution < 1.29 is 24.0 Å². The van der Waals surface area contributed by atoms with Crippen LogP contribution in [0.25, 0.3) is 0 Å². The van der Waals surface area contributed by atoms with Gasteiger partial charge in [0.1, 0.15) is 11.4 Å². The molecule has 2 atom stereocenters. The largest absolute Gasteiger partial charge is 0.444 e. The zero-order valence-electron chi connectivity index (χ0n) is 14.8. The number of carbonyl (C=O) groups excluding carboxylic acids is 2. The van der Waals surface area contributed by atoms with Crippen molar-refractivity contribution in [3.05, 3.63) is 17.5 Å². The minimum absolute atomic E-state index is 0.129. The van der Waals surface area contributed by atoms with Gasteiger partial charge in [-0.05, 0) is 33.6 Å². The van der Waals surface area contributed by atoms with Gasteiger partial charge < -0.3 is 24.6 Å². The van der Waals surface area contributed by atoms with E-state index in [4.69, 9.17) is 9.26 Å². The van der Waals surface area contributed by atoms with Gasteiger partial charge in [-0.15, -0.1) is 0 Å². The van der Waals surface area contributed by atoms with Crippen molar-refractivity contribution in [3.63, 3.8) is 0 Å². The SMILES string of the molecule is CC(C)(C)OC(=O)N1CC(CO)C(NC(=O)c2cc(C3CC3)on2)C1. The molecule has 3 rings (SSSR count). The lowest BCUT2D eigenvalue weighted by Crippen LogP contribution is -2.42. The fraction of sp³-hybridized carbons (Fsp3) is 0.706. The average molecular weight is 351 g/mol. The minimum atomic E-state index is -0.590. The van der Waals surface area contributed by atoms with E-state index in [9.17, 15) is 14.7 Å². The van der Waals surface area contributed by atoms with Crippen LogP contribution in [0.1, 0.15) is 55.8 Å². The monoisotopic (exact) mass is 351 g/mol. The molecule has 2 heterocycles. The second kappa shape index (κ2) is 6.67. The number of likely N-dealkylation sites (tertiary alicyclic amines) is 1. The zero-order valence-corrected chi connectivity index (χ0v) is 14.8. The molecule has 0 spiro atoms. The molecule has 1 aromatic rings. The van der Waals surface area contributed by atoms with Crippen LogP contribution < -0.4 is 5.32 Å². The Balaban J connectivity index is 1.60. The standard InChI is InChI=1S/C17H25N3O5/c1-17(2,3)24-16(23)20-7-11(9-21)13(8-20)18-15(22)12-6-14(25-19-12)10-4-5-10/h6,10-11,13,21H,4-5,7-9H2,1-3H3,(H,18,22). The summed E-state index contributed by atoms with van der Waals surface area (Å²) in [5.41, 5.74) is -0.359. The third kappa shape index (κ3) is 4.31. The summed E-state index contributed by atoms with van der Waals surface area (Å²) in [6, 6.07) is 1.31. The van der Waals surface area contributed by atoms with Crippen molar-refractivity contribution in [2.24, 2.45) is 5.92 Å². The molecule has 2 amide bonds. The van der Waals surface area contributed by atoms with Crippen molar-refractivity contribution in [2.45, 2.75) is 51.2 Å². The highest BCUT2D eigenvalue weighted by atomic mass is 16.6. The number of aromatic nitrogens is 1. The van der Waals surface area contributed by atoms with Crippen molar-refractivity contribution in [1.29, 1.82) is 0 Å². The molecular formula is C17H25N3O5. The molecule has 0 radical (unpaired) electrons. The highest BCUT2D eigenvalue weighted by molar-refractivity contribution is 5.92. The summed E-state index contributed by atoms with van der Waals surface area (Å²) in [5.74, 6) is 0.524. The van der Waals surface area contributed by atoms with E-state index in [0.29, 0.717) is 19.0 Å². The molecule has 1 aromatic heterocycles. The van der Waals surface area contributed by atoms with Gasteiger partial charge in [0, 0.05) is 37.6 Å². The van der Waals surface area contributed by atoms with E-state index in [0.717, 1.165) is 18.6 Å². The predicted molar refractivity (Wildman–Crippen MR) is 88.1 cm³/mol. The Morgan fingerprint density at radius 2 is 2.12 bits per heavy atom. The minimum Gasteiger partial charge on any atom is -0.444 e. The molecule has 2 unspecified atom stereocenters. The second-order valence-corrected chi connectivity index (χ2v) is 7.80. The normalized spacial score (nSPS) is 23.6. The molecule has 1 aliphatic carbocycles. The molecule has 138 valence electrons. The summed E-state index contributed by atoms with van der Waals surface area (Å²) in [7, 11) is 0. The maximum Gasteiger partial charge on any atom is 0.410 e. The third-order valence-electron chi connectivity index (χ3n) is 4.38. The number of hydrogen-bond donors (Lipinski definition) is 2. The van der Waals surface area contributed by atoms with E-state index in [2.05, 4.69) is 10.5 Å². The quantitative estimate of drug-likeness (QED) is 0.852. The lowest BCUT2D eigenvalue weighted by molar-refractivity contribution is 0.0281. The summed E-state index contributed by atoms with van der Waals surface area (Å²) in [5, 5.41) is 16.2. The van der Waals surface area contributed by atoms with Gasteiger partial charge in [0.05, 0.1) is 6.04 Å². The van der Waals surface area contributed by atoms with E-state index in [1.165, 1.54) is 4.90 Å². The first kappa shape index (κ1) is 17.7. The number of hydrogen-bond acceptors (Lipinski definition) is 6. The lowest BCUT2D eigenvalue weighted by atomic mass is 10.1. The van der Waals surface area contributed by atoms with Gasteiger partial charge in [0.2, 0.25) is 0 Å². The van der Waals surface area contributed by atoms with Gasteiger partial charge in [-0.3, -0.25) is 4.79 Å². The van der Waals surface area contributed by atoms with E-state index in [1.54, 1.807) is 26.8 Å². The summed E-state index contributed by atoms with van der Waals surface area (Å²) in [4.78, 5) is 26.1. The van der Waals surface area contributed by atoms with Crippen LogP contribution in [0.5, 0.6) is 0 Å². The number of carbonyl (C=O) groups is 2. The number of amides is 2. The molecule has 8 nitrogen and oxygen atoms in total. The molecule has 1 saturated carbocycles. The molecule has 2 aliphatic rings. The van der Waals surface area contributed by atoms with E-state index < -0.39 is 11.7 Å². The first-order valence-electron chi connectivity index (χ1n) is 8.63. The summed E-state index contributed by atoms with van der Waals surface area (Å²) < 4.78 is 10.6. The van der Waals surface area contributed by atoms with Crippen LogP contribution in [0, 0.1) is 5.92 Å². The number of aliphatic hydroxyl groups is 1. The molecule has 0 bridgehead atoms. The number of aliphatic hydroxyl groups excluding tert-OH is 1. The number of nitrogens with one attached hydrogen (secondary N) is 1. The van der Waals surface area contributed by atoms with Gasteiger partial charge in [-0.25, -0.2) is 4.79 Å². The highest BCUT2D eigenvalue weighted by Gasteiger charge is 2.38. The summed E-state index contributed by atoms with van der Waals surface area (Å²) >= 11 is 0. The molecule has 0 aromatic carbocycles. The topological polar surface area (TPSA) is 105 Å². The third-order valence-corrected chi connectivity index (χ3v) is 4.38. The second-order valence-electron chi connectivity index (χ2n) is 7.80. The first-order chi connectivity index (χ1) is 11.8. The fourth-order valence-electron chi connectivity index (χ4n) is 2.89. The van der Waals surface area contributed by atoms with Gasteiger partial charge in [-0.1, -0.05) is 5.16 Å². The Morgan fingerprint density at radius 3 is 2.72 bits per heavy atom. The maximum atomic E-state index is 12.4. The van der Waals surface area contributed by atoms with Crippen LogP contribution in [-0.2, 0) is 4.74 Å². The Kier molecular flexibility index (Phi) is 4.73. The molecule has 2 fully saturated rings. The van der Waals surface area contributed by atoms with E-state index >= 15 is 0 Å². The van der Waals surface area contributed by atoms with Gasteiger partial charge in [0.15, 0.2) is 5.69 Å². The summed E-state index contributed by atoms with van der Waals surface area (Å²) in [6.45, 7) is 5.89. The van der Waals surface area contributed by atoms with Crippen molar-refractivity contribution >= 4 is 12.0 Å². The van der Waals surface area contributed by atoms with E-state index in [1.807, 2.05) is 0 Å².